The number of halogens is 1. The maximum Gasteiger partial charge on any atom is 0.220 e. The molecule has 4 nitrogen and oxygen atoms in total. The van der Waals surface area contributed by atoms with Gasteiger partial charge in [0.1, 0.15) is 0 Å². The van der Waals surface area contributed by atoms with Crippen molar-refractivity contribution in [1.82, 2.24) is 10.2 Å². The van der Waals surface area contributed by atoms with E-state index in [9.17, 15) is 4.79 Å². The number of anilines is 1. The van der Waals surface area contributed by atoms with Gasteiger partial charge < -0.3 is 15.1 Å². The van der Waals surface area contributed by atoms with Crippen molar-refractivity contribution >= 4 is 23.2 Å². The van der Waals surface area contributed by atoms with E-state index < -0.39 is 0 Å². The van der Waals surface area contributed by atoms with E-state index in [1.54, 1.807) is 0 Å². The highest BCUT2D eigenvalue weighted by molar-refractivity contribution is 6.30. The lowest BCUT2D eigenvalue weighted by Gasteiger charge is -2.35. The summed E-state index contributed by atoms with van der Waals surface area (Å²) >= 11 is 5.90. The predicted molar refractivity (Wildman–Crippen MR) is 113 cm³/mol. The summed E-state index contributed by atoms with van der Waals surface area (Å²) in [6, 6.07) is 14.0. The predicted octanol–water partition coefficient (Wildman–Crippen LogP) is 3.65. The zero-order valence-electron chi connectivity index (χ0n) is 16.2. The third-order valence-corrected chi connectivity index (χ3v) is 5.49. The summed E-state index contributed by atoms with van der Waals surface area (Å²) in [7, 11) is 2.17. The Morgan fingerprint density at radius 2 is 1.78 bits per heavy atom. The van der Waals surface area contributed by atoms with E-state index in [0.29, 0.717) is 18.0 Å². The second-order valence-electron chi connectivity index (χ2n) is 7.27. The van der Waals surface area contributed by atoms with Crippen LogP contribution in [0.4, 0.5) is 5.69 Å². The van der Waals surface area contributed by atoms with Crippen molar-refractivity contribution < 1.29 is 4.79 Å². The van der Waals surface area contributed by atoms with Crippen molar-refractivity contribution in [2.75, 3.05) is 38.1 Å². The van der Waals surface area contributed by atoms with E-state index in [4.69, 9.17) is 11.6 Å². The molecule has 0 bridgehead atoms. The van der Waals surface area contributed by atoms with Gasteiger partial charge in [-0.25, -0.2) is 0 Å². The summed E-state index contributed by atoms with van der Waals surface area (Å²) in [4.78, 5) is 17.2. The molecule has 0 unspecified atom stereocenters. The lowest BCUT2D eigenvalue weighted by atomic mass is 10.00. The van der Waals surface area contributed by atoms with Crippen LogP contribution in [-0.2, 0) is 17.8 Å². The van der Waals surface area contributed by atoms with Crippen LogP contribution in [0.25, 0.3) is 0 Å². The number of piperazine rings is 1. The van der Waals surface area contributed by atoms with Crippen LogP contribution in [0.15, 0.2) is 42.5 Å². The van der Waals surface area contributed by atoms with Crippen LogP contribution in [0.5, 0.6) is 0 Å². The molecule has 2 aromatic carbocycles. The Balaban J connectivity index is 1.58. The quantitative estimate of drug-likeness (QED) is 0.824. The molecule has 3 rings (SSSR count). The van der Waals surface area contributed by atoms with Gasteiger partial charge in [-0.05, 0) is 55.3 Å². The highest BCUT2D eigenvalue weighted by Crippen LogP contribution is 2.26. The molecule has 1 aliphatic heterocycles. The molecule has 1 aliphatic rings. The first-order valence-corrected chi connectivity index (χ1v) is 9.94. The lowest BCUT2D eigenvalue weighted by Crippen LogP contribution is -2.44. The molecule has 2 aromatic rings. The average molecular weight is 386 g/mol. The van der Waals surface area contributed by atoms with Gasteiger partial charge in [0.15, 0.2) is 0 Å². The molecular weight excluding hydrogens is 358 g/mol. The first kappa shape index (κ1) is 19.7. The van der Waals surface area contributed by atoms with Crippen molar-refractivity contribution in [1.29, 1.82) is 0 Å². The summed E-state index contributed by atoms with van der Waals surface area (Å²) in [5.41, 5.74) is 4.90. The van der Waals surface area contributed by atoms with Crippen molar-refractivity contribution in [3.05, 3.63) is 64.2 Å². The highest BCUT2D eigenvalue weighted by atomic mass is 35.5. The number of amides is 1. The standard InChI is InChI=1S/C22H28ClN3O/c1-17-4-3-5-21(26-14-12-25(2)13-15-26)20(17)10-11-22(27)24-16-18-6-8-19(23)9-7-18/h3-9H,10-16H2,1-2H3,(H,24,27). The molecule has 0 aromatic heterocycles. The number of carbonyl (C=O) groups is 1. The maximum atomic E-state index is 12.3. The maximum absolute atomic E-state index is 12.3. The van der Waals surface area contributed by atoms with Gasteiger partial charge in [0.25, 0.3) is 0 Å². The molecule has 1 saturated heterocycles. The number of carbonyl (C=O) groups excluding carboxylic acids is 1. The molecule has 0 spiro atoms. The number of aryl methyl sites for hydroxylation is 1. The van der Waals surface area contributed by atoms with Crippen molar-refractivity contribution in [3.8, 4) is 0 Å². The van der Waals surface area contributed by atoms with E-state index in [-0.39, 0.29) is 5.91 Å². The SMILES string of the molecule is Cc1cccc(N2CCN(C)CC2)c1CCC(=O)NCc1ccc(Cl)cc1. The number of nitrogens with one attached hydrogen (secondary N) is 1. The third-order valence-electron chi connectivity index (χ3n) is 5.23. The minimum Gasteiger partial charge on any atom is -0.369 e. The number of nitrogens with zero attached hydrogens (tertiary/aromatic N) is 2. The second kappa shape index (κ2) is 9.25. The van der Waals surface area contributed by atoms with Crippen molar-refractivity contribution in [3.63, 3.8) is 0 Å². The van der Waals surface area contributed by atoms with Gasteiger partial charge in [0.2, 0.25) is 5.91 Å². The number of likely N-dealkylation sites (N-methyl/N-ethyl adjacent to an activating group) is 1. The van der Waals surface area contributed by atoms with E-state index in [1.807, 2.05) is 24.3 Å². The Hall–Kier alpha value is -2.04. The minimum atomic E-state index is 0.0810. The molecule has 0 aliphatic carbocycles. The third kappa shape index (κ3) is 5.47. The molecule has 1 N–H and O–H groups in total. The van der Waals surface area contributed by atoms with E-state index in [2.05, 4.69) is 47.3 Å². The number of rotatable bonds is 6. The molecule has 1 heterocycles. The van der Waals surface area contributed by atoms with Gasteiger partial charge in [-0.15, -0.1) is 0 Å². The topological polar surface area (TPSA) is 35.6 Å². The van der Waals surface area contributed by atoms with E-state index >= 15 is 0 Å². The Kier molecular flexibility index (Phi) is 6.75. The van der Waals surface area contributed by atoms with Crippen LogP contribution in [0.3, 0.4) is 0 Å². The molecule has 144 valence electrons. The largest absolute Gasteiger partial charge is 0.369 e. The Morgan fingerprint density at radius 3 is 2.48 bits per heavy atom. The second-order valence-corrected chi connectivity index (χ2v) is 7.70. The summed E-state index contributed by atoms with van der Waals surface area (Å²) in [6.45, 7) is 6.91. The number of hydrogen-bond acceptors (Lipinski definition) is 3. The van der Waals surface area contributed by atoms with Gasteiger partial charge in [0.05, 0.1) is 0 Å². The molecule has 1 amide bonds. The zero-order valence-corrected chi connectivity index (χ0v) is 16.9. The van der Waals surface area contributed by atoms with Crippen LogP contribution in [0.1, 0.15) is 23.1 Å². The summed E-state index contributed by atoms with van der Waals surface area (Å²) in [5, 5.41) is 3.72. The molecule has 0 saturated carbocycles. The first-order valence-electron chi connectivity index (χ1n) is 9.56. The summed E-state index contributed by atoms with van der Waals surface area (Å²) < 4.78 is 0. The molecule has 27 heavy (non-hydrogen) atoms. The van der Waals surface area contributed by atoms with Crippen LogP contribution in [0.2, 0.25) is 5.02 Å². The van der Waals surface area contributed by atoms with Crippen LogP contribution >= 0.6 is 11.6 Å². The summed E-state index contributed by atoms with van der Waals surface area (Å²) in [6.07, 6.45) is 1.26. The molecule has 5 heteroatoms. The molecule has 1 fully saturated rings. The van der Waals surface area contributed by atoms with Crippen LogP contribution in [-0.4, -0.2) is 44.0 Å². The monoisotopic (exact) mass is 385 g/mol. The van der Waals surface area contributed by atoms with Gasteiger partial charge in [-0.3, -0.25) is 4.79 Å². The van der Waals surface area contributed by atoms with E-state index in [0.717, 1.165) is 38.2 Å². The van der Waals surface area contributed by atoms with Gasteiger partial charge in [-0.1, -0.05) is 35.9 Å². The first-order chi connectivity index (χ1) is 13.0. The molecule has 0 atom stereocenters. The van der Waals surface area contributed by atoms with Crippen molar-refractivity contribution in [2.24, 2.45) is 0 Å². The van der Waals surface area contributed by atoms with Crippen LogP contribution in [0, 0.1) is 6.92 Å². The van der Waals surface area contributed by atoms with Gasteiger partial charge >= 0.3 is 0 Å². The summed E-state index contributed by atoms with van der Waals surface area (Å²) in [5.74, 6) is 0.0810. The van der Waals surface area contributed by atoms with Gasteiger partial charge in [0, 0.05) is 49.9 Å². The Labute approximate surface area is 167 Å². The van der Waals surface area contributed by atoms with Crippen LogP contribution < -0.4 is 10.2 Å². The van der Waals surface area contributed by atoms with E-state index in [1.165, 1.54) is 16.8 Å². The average Bonchev–Trinajstić information content (AvgIpc) is 2.67. The fourth-order valence-electron chi connectivity index (χ4n) is 3.49. The van der Waals surface area contributed by atoms with Gasteiger partial charge in [-0.2, -0.15) is 0 Å². The number of hydrogen-bond donors (Lipinski definition) is 1. The zero-order chi connectivity index (χ0) is 19.2. The molecule has 0 radical (unpaired) electrons. The smallest absolute Gasteiger partial charge is 0.220 e. The fraction of sp³-hybridized carbons (Fsp3) is 0.409. The normalized spacial score (nSPS) is 15.0. The number of benzene rings is 2. The molecular formula is C22H28ClN3O. The fourth-order valence-corrected chi connectivity index (χ4v) is 3.61. The Morgan fingerprint density at radius 1 is 1.07 bits per heavy atom. The lowest BCUT2D eigenvalue weighted by molar-refractivity contribution is -0.121. The van der Waals surface area contributed by atoms with Crippen molar-refractivity contribution in [2.45, 2.75) is 26.3 Å². The Bertz CT molecular complexity index is 768. The highest BCUT2D eigenvalue weighted by Gasteiger charge is 2.18. The minimum absolute atomic E-state index is 0.0810.